The monoisotopic (exact) mass is 1410 g/mol. The maximum atomic E-state index is 13.2. The Morgan fingerprint density at radius 2 is 0.783 bits per heavy atom. The van der Waals surface area contributed by atoms with Crippen molar-refractivity contribution in [1.82, 2.24) is 0 Å². The molecule has 1 aliphatic carbocycles. The van der Waals surface area contributed by atoms with Crippen molar-refractivity contribution >= 4 is 29.8 Å². The zero-order chi connectivity index (χ0) is 73.3. The topological polar surface area (TPSA) is 150 Å². The Morgan fingerprint density at radius 1 is 0.349 bits per heavy atom. The summed E-state index contributed by atoms with van der Waals surface area (Å²) in [6.45, 7) is 2.17. The van der Waals surface area contributed by atoms with Gasteiger partial charge in [-0.05, 0) is 184 Å². The van der Waals surface area contributed by atoms with Gasteiger partial charge in [0.05, 0.1) is 46.3 Å². The summed E-state index contributed by atoms with van der Waals surface area (Å²) in [6, 6.07) is 90.6. The SMILES string of the molecule is CC1c2ccccc2OC(=O)C[C@@H]1c1ccccc1.COc1ccc2c(c1)C[C@@H](c1ccccc1)CC(=O)O2.COc1ccc2c(c1)OC(=O)C[C@H](c1ccccc1)C2.O=C1C[C@H](c2ccccc2)[C@@H](CCc2ccc(F)cc2)c2ccccc2O1.O=C1C[C@H](c2ccccc2)[C@H]2CCc3cccc(c32)O1. The molecule has 0 radical (unpaired) electrons. The average Bonchev–Trinajstić information content (AvgIpc) is 1.58. The third kappa shape index (κ3) is 18.1. The van der Waals surface area contributed by atoms with E-state index in [1.165, 1.54) is 45.5 Å². The van der Waals surface area contributed by atoms with E-state index in [4.69, 9.17) is 33.2 Å². The molecule has 0 saturated carbocycles. The molecule has 106 heavy (non-hydrogen) atoms. The lowest BCUT2D eigenvalue weighted by Gasteiger charge is -2.25. The van der Waals surface area contributed by atoms with Crippen LogP contribution in [0.2, 0.25) is 0 Å². The highest BCUT2D eigenvalue weighted by molar-refractivity contribution is 5.79. The van der Waals surface area contributed by atoms with E-state index in [1.807, 2.05) is 176 Å². The number of hydrogen-bond acceptors (Lipinski definition) is 12. The van der Waals surface area contributed by atoms with Crippen molar-refractivity contribution in [3.05, 3.63) is 352 Å². The molecule has 13 heteroatoms. The summed E-state index contributed by atoms with van der Waals surface area (Å²) < 4.78 is 51.1. The molecule has 11 aromatic rings. The minimum absolute atomic E-state index is 0.0581. The second kappa shape index (κ2) is 34.7. The molecular weight excluding hydrogens is 1330 g/mol. The van der Waals surface area contributed by atoms with E-state index in [9.17, 15) is 28.4 Å². The Morgan fingerprint density at radius 3 is 1.37 bits per heavy atom. The van der Waals surface area contributed by atoms with Gasteiger partial charge < -0.3 is 33.2 Å². The second-order valence-electron chi connectivity index (χ2n) is 27.6. The van der Waals surface area contributed by atoms with Gasteiger partial charge in [-0.1, -0.05) is 225 Å². The van der Waals surface area contributed by atoms with Crippen LogP contribution in [0.25, 0.3) is 0 Å². The average molecular weight is 1410 g/mol. The number of fused-ring (bicyclic) bond motifs is 4. The smallest absolute Gasteiger partial charge is 0.311 e. The zero-order valence-electron chi connectivity index (χ0n) is 59.7. The van der Waals surface area contributed by atoms with Crippen molar-refractivity contribution in [2.24, 2.45) is 0 Å². The third-order valence-corrected chi connectivity index (χ3v) is 21.0. The van der Waals surface area contributed by atoms with Crippen LogP contribution in [0.4, 0.5) is 4.39 Å². The fourth-order valence-corrected chi connectivity index (χ4v) is 15.7. The number of para-hydroxylation sites is 2. The molecule has 0 bridgehead atoms. The Balaban J connectivity index is 0.000000118. The van der Waals surface area contributed by atoms with Crippen LogP contribution in [-0.4, -0.2) is 44.1 Å². The van der Waals surface area contributed by atoms with Crippen LogP contribution >= 0.6 is 0 Å². The van der Waals surface area contributed by atoms with Gasteiger partial charge >= 0.3 is 29.8 Å². The Bertz CT molecular complexity index is 4820. The van der Waals surface area contributed by atoms with Gasteiger partial charge in [0.15, 0.2) is 0 Å². The van der Waals surface area contributed by atoms with Gasteiger partial charge in [0, 0.05) is 29.4 Å². The molecule has 17 rings (SSSR count). The van der Waals surface area contributed by atoms with Crippen LogP contribution < -0.4 is 33.2 Å². The molecule has 11 aromatic carbocycles. The lowest BCUT2D eigenvalue weighted by atomic mass is 9.77. The molecule has 5 heterocycles. The van der Waals surface area contributed by atoms with E-state index in [0.717, 1.165) is 83.4 Å². The Labute approximate surface area is 619 Å². The number of carbonyl (C=O) groups excluding carboxylic acids is 5. The van der Waals surface area contributed by atoms with Gasteiger partial charge in [0.2, 0.25) is 0 Å². The van der Waals surface area contributed by atoms with Crippen molar-refractivity contribution in [3.63, 3.8) is 0 Å². The number of hydrogen-bond donors (Lipinski definition) is 0. The summed E-state index contributed by atoms with van der Waals surface area (Å²) in [7, 11) is 3.24. The quantitative estimate of drug-likeness (QED) is 0.0947. The number of esters is 5. The van der Waals surface area contributed by atoms with Gasteiger partial charge in [0.25, 0.3) is 0 Å². The molecule has 5 aliphatic heterocycles. The molecule has 12 nitrogen and oxygen atoms in total. The van der Waals surface area contributed by atoms with Crippen LogP contribution in [0.1, 0.15) is 166 Å². The summed E-state index contributed by atoms with van der Waals surface area (Å²) in [5, 5.41) is 0. The molecule has 0 fully saturated rings. The molecule has 536 valence electrons. The molecule has 0 spiro atoms. The number of carbonyl (C=O) groups is 5. The summed E-state index contributed by atoms with van der Waals surface area (Å²) >= 11 is 0. The first kappa shape index (κ1) is 72.6. The number of aryl methyl sites for hydroxylation is 2. The van der Waals surface area contributed by atoms with E-state index >= 15 is 0 Å². The number of rotatable bonds is 10. The summed E-state index contributed by atoms with van der Waals surface area (Å²) in [4.78, 5) is 60.4. The molecule has 6 aliphatic rings. The van der Waals surface area contributed by atoms with Gasteiger partial charge in [-0.3, -0.25) is 24.0 Å². The minimum atomic E-state index is -0.222. The largest absolute Gasteiger partial charge is 0.497 e. The van der Waals surface area contributed by atoms with Crippen molar-refractivity contribution in [1.29, 1.82) is 0 Å². The first-order valence-electron chi connectivity index (χ1n) is 36.5. The summed E-state index contributed by atoms with van der Waals surface area (Å²) in [6.07, 6.45) is 7.53. The minimum Gasteiger partial charge on any atom is -0.497 e. The van der Waals surface area contributed by atoms with Crippen LogP contribution in [0.15, 0.2) is 279 Å². The fraction of sp³-hybridized carbons (Fsp3) is 0.237. The van der Waals surface area contributed by atoms with E-state index in [0.29, 0.717) is 66.8 Å². The van der Waals surface area contributed by atoms with Gasteiger partial charge in [-0.15, -0.1) is 0 Å². The molecule has 1 unspecified atom stereocenters. The molecule has 0 amide bonds. The van der Waals surface area contributed by atoms with Crippen LogP contribution in [-0.2, 0) is 49.7 Å². The van der Waals surface area contributed by atoms with Crippen molar-refractivity contribution < 1.29 is 61.5 Å². The summed E-state index contributed by atoms with van der Waals surface area (Å²) in [5.74, 6) is 5.49. The predicted molar refractivity (Wildman–Crippen MR) is 407 cm³/mol. The normalized spacial score (nSPS) is 20.1. The van der Waals surface area contributed by atoms with Gasteiger partial charge in [-0.25, -0.2) is 4.39 Å². The Hall–Kier alpha value is -11.7. The molecule has 0 N–H and O–H groups in total. The van der Waals surface area contributed by atoms with E-state index in [-0.39, 0.29) is 77.1 Å². The molecule has 0 aromatic heterocycles. The van der Waals surface area contributed by atoms with Crippen molar-refractivity contribution in [3.8, 4) is 40.2 Å². The molecule has 0 saturated heterocycles. The van der Waals surface area contributed by atoms with Crippen LogP contribution in [0.5, 0.6) is 40.2 Å². The van der Waals surface area contributed by atoms with E-state index < -0.39 is 0 Å². The maximum absolute atomic E-state index is 13.2. The van der Waals surface area contributed by atoms with Crippen LogP contribution in [0.3, 0.4) is 0 Å². The number of methoxy groups -OCH3 is 2. The fourth-order valence-electron chi connectivity index (χ4n) is 15.7. The maximum Gasteiger partial charge on any atom is 0.311 e. The number of benzene rings is 11. The lowest BCUT2D eigenvalue weighted by Crippen LogP contribution is -2.15. The summed E-state index contributed by atoms with van der Waals surface area (Å²) in [5.41, 5.74) is 13.9. The third-order valence-electron chi connectivity index (χ3n) is 21.0. The lowest BCUT2D eigenvalue weighted by molar-refractivity contribution is -0.135. The van der Waals surface area contributed by atoms with E-state index in [2.05, 4.69) is 85.8 Å². The number of halogens is 1. The van der Waals surface area contributed by atoms with Gasteiger partial charge in [0.1, 0.15) is 46.1 Å². The van der Waals surface area contributed by atoms with Crippen LogP contribution in [0, 0.1) is 5.82 Å². The highest BCUT2D eigenvalue weighted by atomic mass is 19.1. The molecular formula is C93H85FO12. The highest BCUT2D eigenvalue weighted by Gasteiger charge is 2.39. The second-order valence-corrected chi connectivity index (χ2v) is 27.6. The van der Waals surface area contributed by atoms with Gasteiger partial charge in [-0.2, -0.15) is 0 Å². The number of ether oxygens (including phenoxy) is 7. The van der Waals surface area contributed by atoms with E-state index in [1.54, 1.807) is 26.4 Å². The first-order valence-corrected chi connectivity index (χ1v) is 36.5. The highest BCUT2D eigenvalue weighted by Crippen LogP contribution is 2.51. The standard InChI is InChI=1S/C24H21FO2.C18H16O2.2C17H16O3.C17H16O2/c25-19-13-10-17(11-14-19)12-15-20-21-8-4-5-9-23(21)27-24(26)16-22(20)18-6-2-1-3-7-18;19-17-11-15(12-5-2-1-3-6-12)14-10-9-13-7-4-8-16(20-17)18(13)14;1-19-15-7-8-16-14(10-15)9-13(11-17(18)20-16)12-5-3-2-4-6-12;1-19-15-8-7-13-9-14(12-5-3-2-4-6-12)10-17(18)20-16(13)11-15;1-12-14-9-5-6-10-16(14)19-17(18)11-15(12)13-7-3-2-4-8-13/h1-11,13-14,20,22H,12,15-16H2;1-8,14-15H,9-11H2;2-8,10,13H,9,11H2,1H3;2-8,11,14H,9-10H2,1H3;2-10,12,15H,11H2,1H3/t20-,22+;14-,15-;13-;14-;12?,15-/m01110/s1. The van der Waals surface area contributed by atoms with Crippen molar-refractivity contribution in [2.75, 3.05) is 14.2 Å². The predicted octanol–water partition coefficient (Wildman–Crippen LogP) is 20.0. The molecule has 8 atom stereocenters. The Kier molecular flexibility index (Phi) is 23.8. The zero-order valence-corrected chi connectivity index (χ0v) is 59.7. The first-order chi connectivity index (χ1) is 51.8. The van der Waals surface area contributed by atoms with Crippen molar-refractivity contribution in [2.45, 2.75) is 125 Å².